The molecule has 1 heterocycles. The lowest BCUT2D eigenvalue weighted by Gasteiger charge is -2.37. The number of hydrogen-bond donors (Lipinski definition) is 0. The highest BCUT2D eigenvalue weighted by atomic mass is 16.7. The van der Waals surface area contributed by atoms with Crippen molar-refractivity contribution in [1.29, 1.82) is 0 Å². The molecule has 0 spiro atoms. The number of carbonyl (C=O) groups excluding carboxylic acids is 2. The van der Waals surface area contributed by atoms with Crippen molar-refractivity contribution >= 4 is 12.0 Å². The number of carbonyl (C=O) groups is 2. The Morgan fingerprint density at radius 3 is 2.11 bits per heavy atom. The predicted octanol–water partition coefficient (Wildman–Crippen LogP) is 1.80. The van der Waals surface area contributed by atoms with E-state index in [9.17, 15) is 9.59 Å². The van der Waals surface area contributed by atoms with Gasteiger partial charge in [-0.15, -0.1) is 0 Å². The van der Waals surface area contributed by atoms with E-state index in [0.29, 0.717) is 25.9 Å². The molecule has 0 radical (unpaired) electrons. The molecule has 19 heavy (non-hydrogen) atoms. The highest BCUT2D eigenvalue weighted by Crippen LogP contribution is 2.19. The van der Waals surface area contributed by atoms with Gasteiger partial charge in [-0.1, -0.05) is 0 Å². The van der Waals surface area contributed by atoms with Gasteiger partial charge >= 0.3 is 6.09 Å². The molecule has 2 amide bonds. The van der Waals surface area contributed by atoms with E-state index in [1.165, 1.54) is 19.1 Å². The molecule has 0 unspecified atom stereocenters. The highest BCUT2D eigenvalue weighted by Gasteiger charge is 2.30. The number of rotatable bonds is 2. The fourth-order valence-corrected chi connectivity index (χ4v) is 2.14. The van der Waals surface area contributed by atoms with E-state index < -0.39 is 5.60 Å². The first-order valence-corrected chi connectivity index (χ1v) is 6.56. The van der Waals surface area contributed by atoms with Crippen molar-refractivity contribution in [2.45, 2.75) is 52.2 Å². The zero-order chi connectivity index (χ0) is 14.6. The average Bonchev–Trinajstić information content (AvgIpc) is 2.28. The Bertz CT molecular complexity index is 330. The smallest absolute Gasteiger partial charge is 0.410 e. The van der Waals surface area contributed by atoms with Crippen LogP contribution in [0.5, 0.6) is 0 Å². The van der Waals surface area contributed by atoms with Crippen molar-refractivity contribution in [3.63, 3.8) is 0 Å². The van der Waals surface area contributed by atoms with Gasteiger partial charge in [-0.2, -0.15) is 0 Å². The number of hydrogen-bond acceptors (Lipinski definition) is 4. The molecule has 1 rings (SSSR count). The number of ether oxygens (including phenoxy) is 1. The fourth-order valence-electron chi connectivity index (χ4n) is 2.14. The zero-order valence-corrected chi connectivity index (χ0v) is 12.4. The van der Waals surface area contributed by atoms with Crippen LogP contribution in [0, 0.1) is 0 Å². The second-order valence-corrected chi connectivity index (χ2v) is 5.73. The van der Waals surface area contributed by atoms with E-state index in [1.807, 2.05) is 20.8 Å². The number of piperidine rings is 1. The Morgan fingerprint density at radius 1 is 1.21 bits per heavy atom. The summed E-state index contributed by atoms with van der Waals surface area (Å²) in [7, 11) is 1.49. The zero-order valence-electron chi connectivity index (χ0n) is 12.4. The van der Waals surface area contributed by atoms with Crippen LogP contribution in [0.4, 0.5) is 4.79 Å². The Labute approximate surface area is 114 Å². The van der Waals surface area contributed by atoms with Gasteiger partial charge in [-0.05, 0) is 33.6 Å². The van der Waals surface area contributed by atoms with Gasteiger partial charge in [-0.3, -0.25) is 9.63 Å². The maximum absolute atomic E-state index is 11.9. The van der Waals surface area contributed by atoms with E-state index >= 15 is 0 Å². The summed E-state index contributed by atoms with van der Waals surface area (Å²) in [4.78, 5) is 30.0. The molecule has 0 atom stereocenters. The van der Waals surface area contributed by atoms with Crippen LogP contribution >= 0.6 is 0 Å². The van der Waals surface area contributed by atoms with Crippen LogP contribution in [0.3, 0.4) is 0 Å². The molecule has 0 saturated carbocycles. The van der Waals surface area contributed by atoms with Crippen LogP contribution in [-0.4, -0.2) is 53.8 Å². The van der Waals surface area contributed by atoms with Gasteiger partial charge in [0.15, 0.2) is 0 Å². The summed E-state index contributed by atoms with van der Waals surface area (Å²) < 4.78 is 5.32. The molecule has 110 valence electrons. The highest BCUT2D eigenvalue weighted by molar-refractivity contribution is 5.72. The lowest BCUT2D eigenvalue weighted by molar-refractivity contribution is -0.189. The van der Waals surface area contributed by atoms with Gasteiger partial charge < -0.3 is 9.64 Å². The Balaban J connectivity index is 2.49. The largest absolute Gasteiger partial charge is 0.444 e. The van der Waals surface area contributed by atoms with Gasteiger partial charge in [0, 0.05) is 20.0 Å². The summed E-state index contributed by atoms with van der Waals surface area (Å²) in [6.07, 6.45) is 1.11. The van der Waals surface area contributed by atoms with Crippen molar-refractivity contribution in [3.8, 4) is 0 Å². The van der Waals surface area contributed by atoms with E-state index in [0.717, 1.165) is 0 Å². The van der Waals surface area contributed by atoms with Crippen LogP contribution in [0.1, 0.15) is 40.5 Å². The molecule has 6 heteroatoms. The van der Waals surface area contributed by atoms with E-state index in [2.05, 4.69) is 0 Å². The summed E-state index contributed by atoms with van der Waals surface area (Å²) >= 11 is 0. The first kappa shape index (κ1) is 15.8. The summed E-state index contributed by atoms with van der Waals surface area (Å²) in [5.41, 5.74) is -0.480. The number of likely N-dealkylation sites (tertiary alicyclic amines) is 1. The van der Waals surface area contributed by atoms with Crippen LogP contribution in [-0.2, 0) is 14.4 Å². The quantitative estimate of drug-likeness (QED) is 0.719. The maximum Gasteiger partial charge on any atom is 0.410 e. The van der Waals surface area contributed by atoms with Gasteiger partial charge in [0.2, 0.25) is 5.91 Å². The maximum atomic E-state index is 11.9. The minimum Gasteiger partial charge on any atom is -0.444 e. The molecule has 1 saturated heterocycles. The van der Waals surface area contributed by atoms with Crippen molar-refractivity contribution < 1.29 is 19.2 Å². The molecule has 6 nitrogen and oxygen atoms in total. The van der Waals surface area contributed by atoms with Crippen molar-refractivity contribution in [2.75, 3.05) is 20.2 Å². The normalized spacial score (nSPS) is 17.2. The Kier molecular flexibility index (Phi) is 5.17. The Hall–Kier alpha value is -1.30. The van der Waals surface area contributed by atoms with Gasteiger partial charge in [-0.25, -0.2) is 9.86 Å². The number of hydroxylamine groups is 2. The predicted molar refractivity (Wildman–Crippen MR) is 70.4 cm³/mol. The van der Waals surface area contributed by atoms with Crippen LogP contribution in [0.25, 0.3) is 0 Å². The van der Waals surface area contributed by atoms with Crippen LogP contribution < -0.4 is 0 Å². The topological polar surface area (TPSA) is 59.1 Å². The minimum absolute atomic E-state index is 0.0289. The third-order valence-electron chi connectivity index (χ3n) is 2.95. The first-order valence-electron chi connectivity index (χ1n) is 6.56. The number of amides is 2. The van der Waals surface area contributed by atoms with Gasteiger partial charge in [0.25, 0.3) is 0 Å². The molecule has 0 N–H and O–H groups in total. The van der Waals surface area contributed by atoms with Crippen molar-refractivity contribution in [3.05, 3.63) is 0 Å². The molecule has 0 aromatic heterocycles. The molecular formula is C13H24N2O4. The third kappa shape index (κ3) is 4.70. The molecule has 0 aromatic carbocycles. The molecule has 0 aliphatic carbocycles. The number of nitrogens with zero attached hydrogens (tertiary/aromatic N) is 2. The Morgan fingerprint density at radius 2 is 1.74 bits per heavy atom. The molecule has 1 aliphatic heterocycles. The van der Waals surface area contributed by atoms with Gasteiger partial charge in [0.05, 0.1) is 13.2 Å². The lowest BCUT2D eigenvalue weighted by Crippen LogP contribution is -2.48. The third-order valence-corrected chi connectivity index (χ3v) is 2.95. The molecule has 1 fully saturated rings. The van der Waals surface area contributed by atoms with Crippen LogP contribution in [0.2, 0.25) is 0 Å². The van der Waals surface area contributed by atoms with E-state index in [4.69, 9.17) is 9.57 Å². The summed E-state index contributed by atoms with van der Waals surface area (Å²) in [5, 5.41) is 1.38. The monoisotopic (exact) mass is 272 g/mol. The standard InChI is InChI=1S/C13H24N2O4/c1-10(16)15(18-5)11-6-8-14(9-7-11)12(17)19-13(2,3)4/h11H,6-9H2,1-5H3. The SMILES string of the molecule is CON(C(C)=O)C1CCN(C(=O)OC(C)(C)C)CC1. The summed E-state index contributed by atoms with van der Waals surface area (Å²) in [6.45, 7) is 8.17. The molecule has 0 aromatic rings. The van der Waals surface area contributed by atoms with Crippen molar-refractivity contribution in [1.82, 2.24) is 9.96 Å². The second kappa shape index (κ2) is 6.23. The summed E-state index contributed by atoms with van der Waals surface area (Å²) in [6, 6.07) is 0.0289. The molecular weight excluding hydrogens is 248 g/mol. The average molecular weight is 272 g/mol. The van der Waals surface area contributed by atoms with Gasteiger partial charge in [0.1, 0.15) is 5.60 Å². The van der Waals surface area contributed by atoms with Crippen LogP contribution in [0.15, 0.2) is 0 Å². The lowest BCUT2D eigenvalue weighted by atomic mass is 10.1. The molecule has 1 aliphatic rings. The van der Waals surface area contributed by atoms with E-state index in [-0.39, 0.29) is 18.0 Å². The van der Waals surface area contributed by atoms with E-state index in [1.54, 1.807) is 4.90 Å². The minimum atomic E-state index is -0.480. The molecule has 0 bridgehead atoms. The first-order chi connectivity index (χ1) is 8.74. The second-order valence-electron chi connectivity index (χ2n) is 5.73. The van der Waals surface area contributed by atoms with Crippen molar-refractivity contribution in [2.24, 2.45) is 0 Å². The fraction of sp³-hybridized carbons (Fsp3) is 0.846. The summed E-state index contributed by atoms with van der Waals surface area (Å²) in [5.74, 6) is -0.113.